The molecule has 0 N–H and O–H groups in total. The molecule has 0 aromatic heterocycles. The molecule has 0 radical (unpaired) electrons. The number of allylic oxidation sites excluding steroid dienone is 28. The van der Waals surface area contributed by atoms with E-state index in [-0.39, 0.29) is 26.1 Å². The minimum absolute atomic E-state index is 0.0547. The van der Waals surface area contributed by atoms with Crippen LogP contribution in [0.5, 0.6) is 0 Å². The van der Waals surface area contributed by atoms with Crippen molar-refractivity contribution in [3.8, 4) is 0 Å². The Morgan fingerprint density at radius 3 is 1.09 bits per heavy atom. The zero-order chi connectivity index (χ0) is 55.6. The number of quaternary nitrogens is 1. The van der Waals surface area contributed by atoms with Gasteiger partial charge in [-0.15, -0.1) is 0 Å². The summed E-state index contributed by atoms with van der Waals surface area (Å²) in [6.45, 7) is 3.89. The number of carbonyl (C=O) groups excluding carboxylic acids is 2. The van der Waals surface area contributed by atoms with Gasteiger partial charge in [0.05, 0.1) is 27.7 Å². The van der Waals surface area contributed by atoms with E-state index < -0.39 is 32.5 Å². The molecule has 0 rings (SSSR count). The highest BCUT2D eigenvalue weighted by Crippen LogP contribution is 2.38. The Morgan fingerprint density at radius 2 is 0.724 bits per heavy atom. The SMILES string of the molecule is CC/C=C\C/C=C\C/C=C\C/C=C\C/C=C\C/C=C\C/C=C\C/C=C\C/C=C\CCCC(=O)OC(COC(=O)CCCCCCCCC/C=C\C/C=C\C/C=C\C/C=C\C/C=C\CC)COP(=O)([O-])OCC[N+](C)(C)C. The fourth-order valence-corrected chi connectivity index (χ4v) is 7.59. The molecule has 76 heavy (non-hydrogen) atoms. The Hall–Kier alpha value is -4.63. The minimum Gasteiger partial charge on any atom is -0.756 e. The van der Waals surface area contributed by atoms with E-state index in [1.54, 1.807) is 0 Å². The van der Waals surface area contributed by atoms with Crippen LogP contribution >= 0.6 is 7.82 Å². The van der Waals surface area contributed by atoms with Crippen molar-refractivity contribution in [2.75, 3.05) is 47.5 Å². The fourth-order valence-electron chi connectivity index (χ4n) is 6.86. The van der Waals surface area contributed by atoms with Crippen LogP contribution in [0.1, 0.15) is 181 Å². The van der Waals surface area contributed by atoms with Crippen LogP contribution in [0.3, 0.4) is 0 Å². The van der Waals surface area contributed by atoms with Gasteiger partial charge in [-0.25, -0.2) is 0 Å². The molecule has 9 nitrogen and oxygen atoms in total. The van der Waals surface area contributed by atoms with E-state index in [9.17, 15) is 19.0 Å². The van der Waals surface area contributed by atoms with Gasteiger partial charge in [0.1, 0.15) is 19.8 Å². The largest absolute Gasteiger partial charge is 0.756 e. The van der Waals surface area contributed by atoms with Crippen LogP contribution in [0.2, 0.25) is 0 Å². The number of hydrogen-bond acceptors (Lipinski definition) is 8. The summed E-state index contributed by atoms with van der Waals surface area (Å²) in [5.41, 5.74) is 0. The van der Waals surface area contributed by atoms with Crippen LogP contribution in [-0.2, 0) is 32.7 Å². The monoisotopic (exact) mass is 1070 g/mol. The molecule has 10 heteroatoms. The van der Waals surface area contributed by atoms with Crippen molar-refractivity contribution in [2.45, 2.75) is 187 Å². The van der Waals surface area contributed by atoms with Crippen LogP contribution in [0.4, 0.5) is 0 Å². The highest BCUT2D eigenvalue weighted by Gasteiger charge is 2.21. The average molecular weight is 1070 g/mol. The second kappa shape index (κ2) is 55.1. The van der Waals surface area contributed by atoms with Crippen LogP contribution in [0, 0.1) is 0 Å². The van der Waals surface area contributed by atoms with E-state index >= 15 is 0 Å². The molecule has 0 bridgehead atoms. The molecule has 2 atom stereocenters. The van der Waals surface area contributed by atoms with Gasteiger partial charge in [0, 0.05) is 12.8 Å². The molecule has 0 saturated heterocycles. The predicted octanol–water partition coefficient (Wildman–Crippen LogP) is 17.6. The molecule has 426 valence electrons. The lowest BCUT2D eigenvalue weighted by atomic mass is 10.1. The number of ether oxygens (including phenoxy) is 2. The average Bonchev–Trinajstić information content (AvgIpc) is 3.38. The van der Waals surface area contributed by atoms with Crippen LogP contribution in [0.25, 0.3) is 0 Å². The molecular weight excluding hydrogens is 966 g/mol. The molecule has 0 spiro atoms. The van der Waals surface area contributed by atoms with Gasteiger partial charge < -0.3 is 27.9 Å². The number of likely N-dealkylation sites (N-methyl/N-ethyl adjacent to an activating group) is 1. The normalized spacial score (nSPS) is 14.6. The number of unbranched alkanes of at least 4 members (excludes halogenated alkanes) is 8. The Morgan fingerprint density at radius 1 is 0.408 bits per heavy atom. The van der Waals surface area contributed by atoms with Gasteiger partial charge in [0.25, 0.3) is 7.82 Å². The number of esters is 2. The first-order chi connectivity index (χ1) is 37.0. The topological polar surface area (TPSA) is 111 Å². The summed E-state index contributed by atoms with van der Waals surface area (Å²) in [6, 6.07) is 0. The van der Waals surface area contributed by atoms with Crippen molar-refractivity contribution in [3.63, 3.8) is 0 Å². The molecular formula is C66H104NO8P. The minimum atomic E-state index is -4.67. The summed E-state index contributed by atoms with van der Waals surface area (Å²) < 4.78 is 34.1. The Bertz CT molecular complexity index is 1880. The third kappa shape index (κ3) is 58.6. The first-order valence-electron chi connectivity index (χ1n) is 28.8. The highest BCUT2D eigenvalue weighted by atomic mass is 31.2. The zero-order valence-electron chi connectivity index (χ0n) is 48.1. The molecule has 0 heterocycles. The summed E-state index contributed by atoms with van der Waals surface area (Å²) in [5.74, 6) is -0.933. The number of rotatable bonds is 50. The van der Waals surface area contributed by atoms with Crippen LogP contribution < -0.4 is 4.89 Å². The van der Waals surface area contributed by atoms with Crippen LogP contribution in [-0.4, -0.2) is 70.0 Å². The van der Waals surface area contributed by atoms with E-state index in [1.165, 1.54) is 19.3 Å². The van der Waals surface area contributed by atoms with Gasteiger partial charge in [-0.3, -0.25) is 14.2 Å². The summed E-state index contributed by atoms with van der Waals surface area (Å²) in [4.78, 5) is 37.9. The van der Waals surface area contributed by atoms with E-state index in [4.69, 9.17) is 18.5 Å². The maximum atomic E-state index is 12.8. The van der Waals surface area contributed by atoms with Crippen molar-refractivity contribution >= 4 is 19.8 Å². The maximum absolute atomic E-state index is 12.8. The molecule has 2 unspecified atom stereocenters. The van der Waals surface area contributed by atoms with E-state index in [1.807, 2.05) is 27.2 Å². The van der Waals surface area contributed by atoms with E-state index in [2.05, 4.69) is 178 Å². The molecule has 0 aliphatic rings. The van der Waals surface area contributed by atoms with Crippen molar-refractivity contribution in [3.05, 3.63) is 170 Å². The third-order valence-corrected chi connectivity index (χ3v) is 12.2. The summed E-state index contributed by atoms with van der Waals surface area (Å²) in [5, 5.41) is 0. The van der Waals surface area contributed by atoms with Gasteiger partial charge in [0.2, 0.25) is 0 Å². The fraction of sp³-hybridized carbons (Fsp3) is 0.545. The molecule has 0 aromatic carbocycles. The van der Waals surface area contributed by atoms with Crippen molar-refractivity contribution in [1.82, 2.24) is 0 Å². The first-order valence-corrected chi connectivity index (χ1v) is 30.3. The lowest BCUT2D eigenvalue weighted by molar-refractivity contribution is -0.870. The van der Waals surface area contributed by atoms with E-state index in [0.717, 1.165) is 116 Å². The molecule has 0 amide bonds. The lowest BCUT2D eigenvalue weighted by Crippen LogP contribution is -2.37. The Kier molecular flexibility index (Phi) is 51.8. The predicted molar refractivity (Wildman–Crippen MR) is 323 cm³/mol. The molecule has 0 saturated carbocycles. The maximum Gasteiger partial charge on any atom is 0.306 e. The summed E-state index contributed by atoms with van der Waals surface area (Å²) in [6.07, 6.45) is 84.0. The number of phosphoric acid groups is 1. The number of phosphoric ester groups is 1. The second-order valence-corrected chi connectivity index (χ2v) is 20.9. The zero-order valence-corrected chi connectivity index (χ0v) is 49.0. The van der Waals surface area contributed by atoms with Crippen molar-refractivity contribution < 1.29 is 42.1 Å². The standard InChI is InChI=1S/C66H104NO8P/c1-6-8-10-12-14-16-18-20-22-24-26-28-30-31-32-33-34-35-37-39-41-43-45-47-49-51-53-55-57-59-66(69)75-64(63-74-76(70,71)73-61-60-67(3,4)5)62-72-65(68)58-56-54-52-50-48-46-44-42-40-38-36-29-27-25-23-21-19-17-15-13-11-9-7-2/h8-11,14-17,20-23,26-29,31-32,34-35,38-41,45,47,51,53,64H,6-7,12-13,18-19,24-25,30,33,36-37,42-44,46,48-50,52,54-63H2,1-5H3/b10-8-,11-9-,16-14-,17-15-,22-20-,23-21-,28-26-,29-27-,32-31-,35-34-,40-38-,41-39-,47-45-,53-51-. The third-order valence-electron chi connectivity index (χ3n) is 11.2. The van der Waals surface area contributed by atoms with Crippen molar-refractivity contribution in [2.24, 2.45) is 0 Å². The van der Waals surface area contributed by atoms with Crippen LogP contribution in [0.15, 0.2) is 170 Å². The van der Waals surface area contributed by atoms with Gasteiger partial charge >= 0.3 is 11.9 Å². The Labute approximate surface area is 464 Å². The van der Waals surface area contributed by atoms with E-state index in [0.29, 0.717) is 30.3 Å². The first kappa shape index (κ1) is 71.4. The molecule has 0 aromatic rings. The lowest BCUT2D eigenvalue weighted by Gasteiger charge is -2.28. The molecule has 0 aliphatic heterocycles. The summed E-state index contributed by atoms with van der Waals surface area (Å²) in [7, 11) is 1.09. The second-order valence-electron chi connectivity index (χ2n) is 19.5. The van der Waals surface area contributed by atoms with Crippen molar-refractivity contribution in [1.29, 1.82) is 0 Å². The van der Waals surface area contributed by atoms with Gasteiger partial charge in [-0.2, -0.15) is 0 Å². The Balaban J connectivity index is 4.38. The molecule has 0 fully saturated rings. The summed E-state index contributed by atoms with van der Waals surface area (Å²) >= 11 is 0. The highest BCUT2D eigenvalue weighted by molar-refractivity contribution is 7.45. The smallest absolute Gasteiger partial charge is 0.306 e. The quantitative estimate of drug-likeness (QED) is 0.0195. The van der Waals surface area contributed by atoms with Gasteiger partial charge in [-0.05, 0) is 122 Å². The molecule has 0 aliphatic carbocycles. The number of hydrogen-bond donors (Lipinski definition) is 0. The number of carbonyl (C=O) groups is 2. The number of nitrogens with zero attached hydrogens (tertiary/aromatic N) is 1. The van der Waals surface area contributed by atoms with Gasteiger partial charge in [0.15, 0.2) is 6.10 Å². The van der Waals surface area contributed by atoms with Gasteiger partial charge in [-0.1, -0.05) is 216 Å².